The first-order valence-electron chi connectivity index (χ1n) is 6.39. The number of hydrogen-bond acceptors (Lipinski definition) is 3. The zero-order valence-electron chi connectivity index (χ0n) is 10.9. The Morgan fingerprint density at radius 1 is 1.15 bits per heavy atom. The third kappa shape index (κ3) is 1.94. The van der Waals surface area contributed by atoms with Gasteiger partial charge < -0.3 is 14.9 Å². The average Bonchev–Trinajstić information content (AvgIpc) is 2.46. The number of carboxylic acid groups (broad SMARTS) is 1. The van der Waals surface area contributed by atoms with Gasteiger partial charge >= 0.3 is 5.97 Å². The summed E-state index contributed by atoms with van der Waals surface area (Å²) in [5.74, 6) is -0.315. The molecule has 0 saturated heterocycles. The Morgan fingerprint density at radius 3 is 2.60 bits per heavy atom. The van der Waals surface area contributed by atoms with Crippen molar-refractivity contribution in [2.75, 3.05) is 0 Å². The molecule has 4 heteroatoms. The van der Waals surface area contributed by atoms with Gasteiger partial charge in [-0.25, -0.2) is 0 Å². The summed E-state index contributed by atoms with van der Waals surface area (Å²) in [6.07, 6.45) is -0.795. The summed E-state index contributed by atoms with van der Waals surface area (Å²) in [7, 11) is 0. The maximum atomic E-state index is 11.1. The topological polar surface area (TPSA) is 66.8 Å². The van der Waals surface area contributed by atoms with E-state index < -0.39 is 18.0 Å². The summed E-state index contributed by atoms with van der Waals surface area (Å²) < 4.78 is 5.74. The number of aliphatic hydroxyl groups is 1. The molecule has 0 spiro atoms. The first-order valence-corrected chi connectivity index (χ1v) is 6.39. The van der Waals surface area contributed by atoms with Crippen LogP contribution in [0.2, 0.25) is 0 Å². The highest BCUT2D eigenvalue weighted by molar-refractivity contribution is 5.76. The maximum Gasteiger partial charge on any atom is 0.310 e. The summed E-state index contributed by atoms with van der Waals surface area (Å²) in [6.45, 7) is 1.62. The smallest absolute Gasteiger partial charge is 0.310 e. The number of rotatable bonds is 2. The van der Waals surface area contributed by atoms with Crippen LogP contribution in [0.1, 0.15) is 35.6 Å². The van der Waals surface area contributed by atoms with Crippen LogP contribution >= 0.6 is 0 Å². The van der Waals surface area contributed by atoms with Gasteiger partial charge in [-0.2, -0.15) is 0 Å². The summed E-state index contributed by atoms with van der Waals surface area (Å²) in [4.78, 5) is 11.1. The Morgan fingerprint density at radius 2 is 1.85 bits per heavy atom. The van der Waals surface area contributed by atoms with E-state index in [-0.39, 0.29) is 0 Å². The number of fused-ring (bicyclic) bond motifs is 2. The first kappa shape index (κ1) is 12.7. The fourth-order valence-corrected chi connectivity index (χ4v) is 2.37. The molecule has 2 aromatic rings. The van der Waals surface area contributed by atoms with Crippen molar-refractivity contribution < 1.29 is 19.7 Å². The van der Waals surface area contributed by atoms with Crippen molar-refractivity contribution in [2.45, 2.75) is 18.9 Å². The van der Waals surface area contributed by atoms with E-state index in [0.29, 0.717) is 28.2 Å². The zero-order valence-corrected chi connectivity index (χ0v) is 10.9. The lowest BCUT2D eigenvalue weighted by atomic mass is 9.92. The standard InChI is InChI=1S/C16H14O4/c1-9(16(18)19)10-6-7-14-12(8-10)15(17)11-4-2-3-5-13(11)20-14/h2-9,15,17H,1H3,(H,18,19). The highest BCUT2D eigenvalue weighted by atomic mass is 16.5. The number of carboxylic acids is 1. The Bertz CT molecular complexity index is 678. The predicted octanol–water partition coefficient (Wildman–Crippen LogP) is 3.06. The number of para-hydroxylation sites is 1. The molecule has 0 aromatic heterocycles. The summed E-state index contributed by atoms with van der Waals surface area (Å²) in [6, 6.07) is 12.4. The van der Waals surface area contributed by atoms with Crippen molar-refractivity contribution in [3.8, 4) is 11.5 Å². The average molecular weight is 270 g/mol. The van der Waals surface area contributed by atoms with E-state index in [0.717, 1.165) is 0 Å². The SMILES string of the molecule is CC(C(=O)O)c1ccc2c(c1)C(O)c1ccccc1O2. The minimum Gasteiger partial charge on any atom is -0.481 e. The molecule has 2 N–H and O–H groups in total. The first-order chi connectivity index (χ1) is 9.58. The molecule has 102 valence electrons. The molecule has 0 bridgehead atoms. The molecule has 1 aliphatic rings. The molecule has 0 radical (unpaired) electrons. The number of benzene rings is 2. The van der Waals surface area contributed by atoms with Crippen LogP contribution in [-0.4, -0.2) is 16.2 Å². The fourth-order valence-electron chi connectivity index (χ4n) is 2.37. The van der Waals surface area contributed by atoms with E-state index in [2.05, 4.69) is 0 Å². The van der Waals surface area contributed by atoms with Crippen LogP contribution in [0.3, 0.4) is 0 Å². The van der Waals surface area contributed by atoms with E-state index in [1.54, 1.807) is 37.3 Å². The molecule has 0 fully saturated rings. The quantitative estimate of drug-likeness (QED) is 0.880. The zero-order chi connectivity index (χ0) is 14.3. The third-order valence-electron chi connectivity index (χ3n) is 3.63. The second kappa shape index (κ2) is 4.65. The molecular weight excluding hydrogens is 256 g/mol. The van der Waals surface area contributed by atoms with Crippen LogP contribution < -0.4 is 4.74 Å². The summed E-state index contributed by atoms with van der Waals surface area (Å²) in [5.41, 5.74) is 1.95. The van der Waals surface area contributed by atoms with Crippen LogP contribution in [0, 0.1) is 0 Å². The van der Waals surface area contributed by atoms with Gasteiger partial charge in [0.15, 0.2) is 0 Å². The molecule has 3 rings (SSSR count). The normalized spacial score (nSPS) is 17.6. The van der Waals surface area contributed by atoms with Gasteiger partial charge in [0.2, 0.25) is 0 Å². The van der Waals surface area contributed by atoms with Crippen molar-refractivity contribution in [3.63, 3.8) is 0 Å². The molecule has 0 saturated carbocycles. The summed E-state index contributed by atoms with van der Waals surface area (Å²) >= 11 is 0. The minimum absolute atomic E-state index is 0.567. The monoisotopic (exact) mass is 270 g/mol. The second-order valence-electron chi connectivity index (χ2n) is 4.90. The van der Waals surface area contributed by atoms with Crippen molar-refractivity contribution in [1.82, 2.24) is 0 Å². The Balaban J connectivity index is 2.06. The van der Waals surface area contributed by atoms with Crippen molar-refractivity contribution in [1.29, 1.82) is 0 Å². The lowest BCUT2D eigenvalue weighted by molar-refractivity contribution is -0.138. The van der Waals surface area contributed by atoms with Gasteiger partial charge in [0.1, 0.15) is 17.6 Å². The Kier molecular flexibility index (Phi) is 2.95. The van der Waals surface area contributed by atoms with Gasteiger partial charge in [-0.1, -0.05) is 24.3 Å². The van der Waals surface area contributed by atoms with Gasteiger partial charge in [0.25, 0.3) is 0 Å². The summed E-state index contributed by atoms with van der Waals surface area (Å²) in [5, 5.41) is 19.5. The van der Waals surface area contributed by atoms with Crippen molar-refractivity contribution >= 4 is 5.97 Å². The highest BCUT2D eigenvalue weighted by Crippen LogP contribution is 2.43. The molecule has 1 aliphatic heterocycles. The van der Waals surface area contributed by atoms with Crippen LogP contribution in [-0.2, 0) is 4.79 Å². The molecular formula is C16H14O4. The Labute approximate surface area is 116 Å². The second-order valence-corrected chi connectivity index (χ2v) is 4.90. The largest absolute Gasteiger partial charge is 0.481 e. The number of hydrogen-bond donors (Lipinski definition) is 2. The predicted molar refractivity (Wildman–Crippen MR) is 73.1 cm³/mol. The van der Waals surface area contributed by atoms with Crippen LogP contribution in [0.5, 0.6) is 11.5 Å². The van der Waals surface area contributed by atoms with Gasteiger partial charge in [-0.05, 0) is 30.7 Å². The van der Waals surface area contributed by atoms with E-state index in [9.17, 15) is 9.90 Å². The fraction of sp³-hybridized carbons (Fsp3) is 0.188. The van der Waals surface area contributed by atoms with Gasteiger partial charge in [0, 0.05) is 11.1 Å². The molecule has 2 unspecified atom stereocenters. The Hall–Kier alpha value is -2.33. The van der Waals surface area contributed by atoms with Crippen molar-refractivity contribution in [3.05, 3.63) is 59.2 Å². The molecule has 20 heavy (non-hydrogen) atoms. The number of ether oxygens (including phenoxy) is 1. The third-order valence-corrected chi connectivity index (χ3v) is 3.63. The molecule has 2 aromatic carbocycles. The molecule has 2 atom stereocenters. The molecule has 0 aliphatic carbocycles. The molecule has 4 nitrogen and oxygen atoms in total. The van der Waals surface area contributed by atoms with E-state index >= 15 is 0 Å². The lowest BCUT2D eigenvalue weighted by Crippen LogP contribution is -2.12. The number of aliphatic carboxylic acids is 1. The van der Waals surface area contributed by atoms with Gasteiger partial charge in [-0.15, -0.1) is 0 Å². The van der Waals surface area contributed by atoms with E-state index in [1.807, 2.05) is 12.1 Å². The van der Waals surface area contributed by atoms with E-state index in [4.69, 9.17) is 9.84 Å². The minimum atomic E-state index is -0.892. The van der Waals surface area contributed by atoms with Crippen LogP contribution in [0.4, 0.5) is 0 Å². The lowest BCUT2D eigenvalue weighted by Gasteiger charge is -2.25. The maximum absolute atomic E-state index is 11.1. The number of aliphatic hydroxyl groups excluding tert-OH is 1. The van der Waals surface area contributed by atoms with Gasteiger partial charge in [0.05, 0.1) is 5.92 Å². The highest BCUT2D eigenvalue weighted by Gasteiger charge is 2.26. The van der Waals surface area contributed by atoms with Crippen LogP contribution in [0.25, 0.3) is 0 Å². The molecule has 0 amide bonds. The molecule has 1 heterocycles. The number of carbonyl (C=O) groups is 1. The van der Waals surface area contributed by atoms with Crippen molar-refractivity contribution in [2.24, 2.45) is 0 Å². The van der Waals surface area contributed by atoms with Crippen LogP contribution in [0.15, 0.2) is 42.5 Å². The van der Waals surface area contributed by atoms with E-state index in [1.165, 1.54) is 0 Å². The van der Waals surface area contributed by atoms with Gasteiger partial charge in [-0.3, -0.25) is 4.79 Å².